The van der Waals surface area contributed by atoms with Crippen LogP contribution in [-0.4, -0.2) is 45.9 Å². The van der Waals surface area contributed by atoms with E-state index >= 15 is 0 Å². The molecule has 1 fully saturated rings. The Morgan fingerprint density at radius 2 is 1.88 bits per heavy atom. The van der Waals surface area contributed by atoms with Gasteiger partial charge in [-0.25, -0.2) is 0 Å². The molecule has 1 saturated heterocycles. The van der Waals surface area contributed by atoms with E-state index in [1.807, 2.05) is 16.5 Å². The van der Waals surface area contributed by atoms with Crippen LogP contribution >= 0.6 is 23.1 Å². The van der Waals surface area contributed by atoms with Crippen LogP contribution in [0.25, 0.3) is 10.2 Å². The Hall–Kier alpha value is -1.60. The highest BCUT2D eigenvalue weighted by molar-refractivity contribution is 8.00. The molecule has 0 N–H and O–H groups in total. The van der Waals surface area contributed by atoms with Crippen LogP contribution in [0.5, 0.6) is 0 Å². The van der Waals surface area contributed by atoms with Crippen molar-refractivity contribution in [3.63, 3.8) is 0 Å². The maximum atomic E-state index is 12.3. The molecule has 1 aliphatic rings. The van der Waals surface area contributed by atoms with Gasteiger partial charge in [0.15, 0.2) is 4.80 Å². The minimum atomic E-state index is -0.183. The van der Waals surface area contributed by atoms with Crippen LogP contribution in [0.1, 0.15) is 31.2 Å². The van der Waals surface area contributed by atoms with Gasteiger partial charge >= 0.3 is 0 Å². The first-order valence-corrected chi connectivity index (χ1v) is 11.0. The monoisotopic (exact) mass is 391 g/mol. The van der Waals surface area contributed by atoms with Gasteiger partial charge in [-0.1, -0.05) is 30.2 Å². The third-order valence-electron chi connectivity index (χ3n) is 4.60. The lowest BCUT2D eigenvalue weighted by Gasteiger charge is -2.19. The Balaban J connectivity index is 1.57. The van der Waals surface area contributed by atoms with Crippen molar-refractivity contribution in [3.8, 4) is 0 Å². The van der Waals surface area contributed by atoms with Crippen LogP contribution in [-0.2, 0) is 16.6 Å². The molecule has 0 radical (unpaired) electrons. The van der Waals surface area contributed by atoms with Crippen molar-refractivity contribution >= 4 is 45.1 Å². The number of carbonyl (C=O) groups is 2. The Bertz CT molecular complexity index is 861. The molecule has 0 spiro atoms. The van der Waals surface area contributed by atoms with Gasteiger partial charge in [0.25, 0.3) is 5.91 Å². The van der Waals surface area contributed by atoms with Gasteiger partial charge in [-0.3, -0.25) is 9.59 Å². The smallest absolute Gasteiger partial charge is 0.258 e. The van der Waals surface area contributed by atoms with E-state index < -0.39 is 0 Å². The molecule has 0 unspecified atom stereocenters. The third-order valence-corrected chi connectivity index (χ3v) is 6.59. The molecule has 2 amide bonds. The lowest BCUT2D eigenvalue weighted by molar-refractivity contribution is -0.128. The Kier molecular flexibility index (Phi) is 6.53. The van der Waals surface area contributed by atoms with Gasteiger partial charge < -0.3 is 9.47 Å². The number of amides is 2. The van der Waals surface area contributed by atoms with Gasteiger partial charge in [-0.2, -0.15) is 4.99 Å². The van der Waals surface area contributed by atoms with E-state index in [0.29, 0.717) is 10.6 Å². The van der Waals surface area contributed by atoms with Crippen molar-refractivity contribution in [1.29, 1.82) is 0 Å². The molecular formula is C19H25N3O2S2. The first kappa shape index (κ1) is 19.2. The zero-order valence-electron chi connectivity index (χ0n) is 15.4. The number of aryl methyl sites for hydroxylation is 2. The summed E-state index contributed by atoms with van der Waals surface area (Å²) in [5.74, 6) is 0.566. The van der Waals surface area contributed by atoms with E-state index in [2.05, 4.69) is 30.1 Å². The predicted molar refractivity (Wildman–Crippen MR) is 108 cm³/mol. The highest BCUT2D eigenvalue weighted by atomic mass is 32.2. The van der Waals surface area contributed by atoms with Crippen LogP contribution in [0, 0.1) is 6.92 Å². The highest BCUT2D eigenvalue weighted by Crippen LogP contribution is 2.18. The molecule has 7 heteroatoms. The number of fused-ring (bicyclic) bond motifs is 1. The lowest BCUT2D eigenvalue weighted by Crippen LogP contribution is -2.33. The number of nitrogens with zero attached hydrogens (tertiary/aromatic N) is 3. The van der Waals surface area contributed by atoms with E-state index in [0.717, 1.165) is 36.1 Å². The molecule has 1 aliphatic heterocycles. The molecule has 1 aromatic heterocycles. The molecule has 140 valence electrons. The molecule has 26 heavy (non-hydrogen) atoms. The SMILES string of the molecule is Cc1ccc2c(c1)sc(=NC(=O)CSCC(=O)N1CCCCCC1)n2C. The molecule has 0 bridgehead atoms. The van der Waals surface area contributed by atoms with E-state index in [-0.39, 0.29) is 17.6 Å². The average molecular weight is 392 g/mol. The summed E-state index contributed by atoms with van der Waals surface area (Å²) in [5.41, 5.74) is 2.27. The standard InChI is InChI=1S/C19H25N3O2S2/c1-14-7-8-15-16(11-14)26-19(21(15)2)20-17(23)12-25-13-18(24)22-9-5-3-4-6-10-22/h7-8,11H,3-6,9-10,12-13H2,1-2H3. The van der Waals surface area contributed by atoms with Crippen LogP contribution in [0.15, 0.2) is 23.2 Å². The number of rotatable bonds is 4. The van der Waals surface area contributed by atoms with Crippen LogP contribution in [0.4, 0.5) is 0 Å². The lowest BCUT2D eigenvalue weighted by atomic mass is 10.2. The van der Waals surface area contributed by atoms with Crippen molar-refractivity contribution in [2.45, 2.75) is 32.6 Å². The van der Waals surface area contributed by atoms with Gasteiger partial charge in [0.2, 0.25) is 5.91 Å². The fourth-order valence-corrected chi connectivity index (χ4v) is 4.96. The molecule has 0 atom stereocenters. The number of carbonyl (C=O) groups excluding carboxylic acids is 2. The molecule has 2 aromatic rings. The van der Waals surface area contributed by atoms with Crippen LogP contribution < -0.4 is 4.80 Å². The Labute approximate surface area is 162 Å². The summed E-state index contributed by atoms with van der Waals surface area (Å²) in [4.78, 5) is 31.3. The number of likely N-dealkylation sites (tertiary alicyclic amines) is 1. The van der Waals surface area contributed by atoms with Gasteiger partial charge in [-0.15, -0.1) is 11.8 Å². The molecule has 1 aromatic carbocycles. The Morgan fingerprint density at radius 1 is 1.15 bits per heavy atom. The number of thioether (sulfide) groups is 1. The summed E-state index contributed by atoms with van der Waals surface area (Å²) < 4.78 is 3.08. The summed E-state index contributed by atoms with van der Waals surface area (Å²) in [6.45, 7) is 3.77. The van der Waals surface area contributed by atoms with Crippen LogP contribution in [0.2, 0.25) is 0 Å². The van der Waals surface area contributed by atoms with Gasteiger partial charge in [0.05, 0.1) is 21.7 Å². The zero-order chi connectivity index (χ0) is 18.5. The first-order valence-electron chi connectivity index (χ1n) is 9.04. The van der Waals surface area contributed by atoms with E-state index in [1.54, 1.807) is 0 Å². The van der Waals surface area contributed by atoms with E-state index in [1.165, 1.54) is 41.5 Å². The van der Waals surface area contributed by atoms with Crippen molar-refractivity contribution in [3.05, 3.63) is 28.6 Å². The minimum absolute atomic E-state index is 0.146. The number of hydrogen-bond donors (Lipinski definition) is 0. The van der Waals surface area contributed by atoms with Gasteiger partial charge in [0, 0.05) is 20.1 Å². The second-order valence-corrected chi connectivity index (χ2v) is 8.70. The summed E-state index contributed by atoms with van der Waals surface area (Å²) >= 11 is 2.89. The molecule has 0 saturated carbocycles. The van der Waals surface area contributed by atoms with E-state index in [9.17, 15) is 9.59 Å². The van der Waals surface area contributed by atoms with Gasteiger partial charge in [-0.05, 0) is 37.5 Å². The topological polar surface area (TPSA) is 54.7 Å². The zero-order valence-corrected chi connectivity index (χ0v) is 17.0. The van der Waals surface area contributed by atoms with E-state index in [4.69, 9.17) is 0 Å². The summed E-state index contributed by atoms with van der Waals surface area (Å²) in [7, 11) is 1.93. The van der Waals surface area contributed by atoms with Crippen LogP contribution in [0.3, 0.4) is 0 Å². The summed E-state index contributed by atoms with van der Waals surface area (Å²) in [6, 6.07) is 6.22. The summed E-state index contributed by atoms with van der Waals surface area (Å²) in [6.07, 6.45) is 4.60. The third kappa shape index (κ3) is 4.76. The quantitative estimate of drug-likeness (QED) is 0.805. The number of benzene rings is 1. The predicted octanol–water partition coefficient (Wildman–Crippen LogP) is 3.11. The maximum absolute atomic E-state index is 12.3. The second-order valence-electron chi connectivity index (χ2n) is 6.71. The number of hydrogen-bond acceptors (Lipinski definition) is 4. The van der Waals surface area contributed by atoms with Crippen molar-refractivity contribution in [1.82, 2.24) is 9.47 Å². The largest absolute Gasteiger partial charge is 0.342 e. The fourth-order valence-electron chi connectivity index (χ4n) is 3.12. The normalized spacial score (nSPS) is 16.1. The van der Waals surface area contributed by atoms with Crippen molar-refractivity contribution in [2.75, 3.05) is 24.6 Å². The summed E-state index contributed by atoms with van der Waals surface area (Å²) in [5, 5.41) is 0. The Morgan fingerprint density at radius 3 is 2.62 bits per heavy atom. The molecular weight excluding hydrogens is 366 g/mol. The van der Waals surface area contributed by atoms with Crippen molar-refractivity contribution < 1.29 is 9.59 Å². The maximum Gasteiger partial charge on any atom is 0.258 e. The fraction of sp³-hybridized carbons (Fsp3) is 0.526. The average Bonchev–Trinajstić information content (AvgIpc) is 2.81. The number of thiazole rings is 1. The first-order chi connectivity index (χ1) is 12.5. The minimum Gasteiger partial charge on any atom is -0.342 e. The van der Waals surface area contributed by atoms with Crippen molar-refractivity contribution in [2.24, 2.45) is 12.0 Å². The van der Waals surface area contributed by atoms with Gasteiger partial charge in [0.1, 0.15) is 0 Å². The molecule has 5 nitrogen and oxygen atoms in total. The molecule has 3 rings (SSSR count). The highest BCUT2D eigenvalue weighted by Gasteiger charge is 2.15. The molecule has 0 aliphatic carbocycles. The number of aromatic nitrogens is 1. The second kappa shape index (κ2) is 8.86. The molecule has 2 heterocycles.